The van der Waals surface area contributed by atoms with Gasteiger partial charge in [-0.15, -0.1) is 0 Å². The summed E-state index contributed by atoms with van der Waals surface area (Å²) in [4.78, 5) is 24.0. The van der Waals surface area contributed by atoms with Gasteiger partial charge in [-0.05, 0) is 55.8 Å². The van der Waals surface area contributed by atoms with Gasteiger partial charge in [-0.1, -0.05) is 12.1 Å². The minimum Gasteiger partial charge on any atom is -0.436 e. The van der Waals surface area contributed by atoms with Gasteiger partial charge in [0.15, 0.2) is 5.58 Å². The van der Waals surface area contributed by atoms with Gasteiger partial charge in [0.1, 0.15) is 11.3 Å². The van der Waals surface area contributed by atoms with Crippen LogP contribution >= 0.6 is 0 Å². The molecule has 30 heavy (non-hydrogen) atoms. The van der Waals surface area contributed by atoms with Crippen LogP contribution in [0.25, 0.3) is 22.6 Å². The first-order valence-corrected chi connectivity index (χ1v) is 10.1. The number of benzene rings is 2. The van der Waals surface area contributed by atoms with Crippen molar-refractivity contribution in [1.82, 2.24) is 19.4 Å². The predicted octanol–water partition coefficient (Wildman–Crippen LogP) is 3.83. The van der Waals surface area contributed by atoms with Crippen LogP contribution in [-0.4, -0.2) is 37.9 Å². The molecule has 0 saturated carbocycles. The number of nitrogens with zero attached hydrogens (tertiary/aromatic N) is 4. The number of carbonyl (C=O) groups is 1. The third-order valence-electron chi connectivity index (χ3n) is 5.63. The molecule has 2 aromatic heterocycles. The second kappa shape index (κ2) is 7.76. The Kier molecular flexibility index (Phi) is 4.80. The number of carbonyl (C=O) groups excluding carboxylic acids is 1. The first kappa shape index (κ1) is 18.6. The summed E-state index contributed by atoms with van der Waals surface area (Å²) in [5.74, 6) is 1.57. The van der Waals surface area contributed by atoms with Gasteiger partial charge in [0, 0.05) is 30.7 Å². The topological polar surface area (TPSA) is 76.2 Å². The molecule has 1 N–H and O–H groups in total. The zero-order valence-corrected chi connectivity index (χ0v) is 16.8. The fraction of sp³-hybridized carbons (Fsp3) is 0.261. The fourth-order valence-corrected chi connectivity index (χ4v) is 3.96. The smallest absolute Gasteiger partial charge is 0.241 e. The number of para-hydroxylation sites is 2. The van der Waals surface area contributed by atoms with Crippen molar-refractivity contribution in [3.05, 3.63) is 66.7 Å². The molecular weight excluding hydrogens is 378 g/mol. The number of imidazole rings is 1. The Morgan fingerprint density at radius 1 is 1.20 bits per heavy atom. The van der Waals surface area contributed by atoms with E-state index >= 15 is 0 Å². The van der Waals surface area contributed by atoms with Gasteiger partial charge in [-0.25, -0.2) is 9.97 Å². The summed E-state index contributed by atoms with van der Waals surface area (Å²) in [6, 6.07) is 15.2. The summed E-state index contributed by atoms with van der Waals surface area (Å²) < 4.78 is 7.82. The molecule has 1 saturated heterocycles. The maximum Gasteiger partial charge on any atom is 0.241 e. The third-order valence-corrected chi connectivity index (χ3v) is 5.63. The lowest BCUT2D eigenvalue weighted by Crippen LogP contribution is -2.39. The maximum atomic E-state index is 12.9. The van der Waals surface area contributed by atoms with E-state index in [1.807, 2.05) is 66.3 Å². The largest absolute Gasteiger partial charge is 0.436 e. The van der Waals surface area contributed by atoms with Crippen molar-refractivity contribution >= 4 is 22.7 Å². The molecular formula is C23H23N5O2. The fourth-order valence-electron chi connectivity index (χ4n) is 3.96. The van der Waals surface area contributed by atoms with Crippen LogP contribution in [-0.2, 0) is 18.4 Å². The van der Waals surface area contributed by atoms with Crippen LogP contribution < -0.4 is 5.32 Å². The number of amides is 1. The number of hydrogen-bond donors (Lipinski definition) is 1. The molecule has 3 heterocycles. The van der Waals surface area contributed by atoms with Gasteiger partial charge >= 0.3 is 0 Å². The molecule has 152 valence electrons. The summed E-state index contributed by atoms with van der Waals surface area (Å²) in [6.45, 7) is 1.58. The Balaban J connectivity index is 1.27. The number of likely N-dealkylation sites (tertiary alicyclic amines) is 1. The van der Waals surface area contributed by atoms with Crippen LogP contribution in [0.5, 0.6) is 0 Å². The van der Waals surface area contributed by atoms with E-state index in [0.717, 1.165) is 47.6 Å². The highest BCUT2D eigenvalue weighted by Gasteiger charge is 2.31. The third kappa shape index (κ3) is 3.59. The number of rotatable bonds is 5. The lowest BCUT2D eigenvalue weighted by molar-refractivity contribution is -0.120. The Labute approximate surface area is 174 Å². The number of aromatic nitrogens is 3. The van der Waals surface area contributed by atoms with Crippen molar-refractivity contribution in [2.75, 3.05) is 11.9 Å². The molecule has 4 aromatic rings. The Morgan fingerprint density at radius 3 is 2.80 bits per heavy atom. The monoisotopic (exact) mass is 401 g/mol. The van der Waals surface area contributed by atoms with E-state index in [9.17, 15) is 4.79 Å². The highest BCUT2D eigenvalue weighted by Crippen LogP contribution is 2.26. The average molecular weight is 401 g/mol. The normalized spacial score (nSPS) is 16.9. The molecule has 1 fully saturated rings. The van der Waals surface area contributed by atoms with Crippen LogP contribution in [0, 0.1) is 0 Å². The molecule has 1 aliphatic rings. The Hall–Kier alpha value is -3.45. The van der Waals surface area contributed by atoms with Crippen LogP contribution in [0.4, 0.5) is 5.69 Å². The van der Waals surface area contributed by atoms with Crippen molar-refractivity contribution in [2.24, 2.45) is 7.05 Å². The van der Waals surface area contributed by atoms with Crippen LogP contribution in [0.15, 0.2) is 65.3 Å². The van der Waals surface area contributed by atoms with E-state index < -0.39 is 0 Å². The van der Waals surface area contributed by atoms with Crippen molar-refractivity contribution < 1.29 is 9.21 Å². The van der Waals surface area contributed by atoms with Crippen LogP contribution in [0.3, 0.4) is 0 Å². The SMILES string of the molecule is Cn1ccnc1CN1CCC[C@@H]1C(=O)Nc1ccc(-c2nc3ccccc3o2)cc1. The molecule has 0 bridgehead atoms. The van der Waals surface area contributed by atoms with Gasteiger partial charge in [-0.2, -0.15) is 0 Å². The van der Waals surface area contributed by atoms with Crippen molar-refractivity contribution in [2.45, 2.75) is 25.4 Å². The lowest BCUT2D eigenvalue weighted by Gasteiger charge is -2.23. The number of anilines is 1. The molecule has 7 nitrogen and oxygen atoms in total. The molecule has 7 heteroatoms. The number of aryl methyl sites for hydroxylation is 1. The highest BCUT2D eigenvalue weighted by molar-refractivity contribution is 5.95. The summed E-state index contributed by atoms with van der Waals surface area (Å²) >= 11 is 0. The number of hydrogen-bond acceptors (Lipinski definition) is 5. The van der Waals surface area contributed by atoms with Gasteiger partial charge in [0.05, 0.1) is 12.6 Å². The van der Waals surface area contributed by atoms with Crippen molar-refractivity contribution in [1.29, 1.82) is 0 Å². The van der Waals surface area contributed by atoms with E-state index in [0.29, 0.717) is 12.4 Å². The van der Waals surface area contributed by atoms with Crippen LogP contribution in [0.2, 0.25) is 0 Å². The van der Waals surface area contributed by atoms with Crippen molar-refractivity contribution in [3.8, 4) is 11.5 Å². The number of oxazole rings is 1. The Bertz CT molecular complexity index is 1140. The summed E-state index contributed by atoms with van der Waals surface area (Å²) in [5, 5.41) is 3.05. The predicted molar refractivity (Wildman–Crippen MR) is 115 cm³/mol. The quantitative estimate of drug-likeness (QED) is 0.550. The maximum absolute atomic E-state index is 12.9. The van der Waals surface area contributed by atoms with E-state index in [4.69, 9.17) is 4.42 Å². The highest BCUT2D eigenvalue weighted by atomic mass is 16.3. The standard InChI is InChI=1S/C23H23N5O2/c1-27-14-12-24-21(27)15-28-13-4-6-19(28)22(29)25-17-10-8-16(9-11-17)23-26-18-5-2-3-7-20(18)30-23/h2-3,5,7-12,14,19H,4,6,13,15H2,1H3,(H,25,29)/t19-/m1/s1. The molecule has 0 unspecified atom stereocenters. The second-order valence-corrected chi connectivity index (χ2v) is 7.64. The molecule has 1 atom stereocenters. The molecule has 5 rings (SSSR count). The van der Waals surface area contributed by atoms with Gasteiger partial charge in [0.25, 0.3) is 0 Å². The van der Waals surface area contributed by atoms with Gasteiger partial charge in [0.2, 0.25) is 11.8 Å². The van der Waals surface area contributed by atoms with E-state index in [2.05, 4.69) is 20.2 Å². The van der Waals surface area contributed by atoms with E-state index in [1.54, 1.807) is 6.20 Å². The zero-order valence-electron chi connectivity index (χ0n) is 16.8. The number of nitrogens with one attached hydrogen (secondary N) is 1. The lowest BCUT2D eigenvalue weighted by atomic mass is 10.1. The minimum atomic E-state index is -0.140. The Morgan fingerprint density at radius 2 is 2.03 bits per heavy atom. The zero-order chi connectivity index (χ0) is 20.5. The second-order valence-electron chi connectivity index (χ2n) is 7.64. The molecule has 0 spiro atoms. The molecule has 2 aromatic carbocycles. The van der Waals surface area contributed by atoms with Crippen LogP contribution in [0.1, 0.15) is 18.7 Å². The summed E-state index contributed by atoms with van der Waals surface area (Å²) in [5.41, 5.74) is 3.24. The van der Waals surface area contributed by atoms with Gasteiger partial charge < -0.3 is 14.3 Å². The average Bonchev–Trinajstić information content (AvgIpc) is 3.49. The van der Waals surface area contributed by atoms with Crippen molar-refractivity contribution in [3.63, 3.8) is 0 Å². The van der Waals surface area contributed by atoms with E-state index in [-0.39, 0.29) is 11.9 Å². The summed E-state index contributed by atoms with van der Waals surface area (Å²) in [7, 11) is 1.98. The molecule has 0 radical (unpaired) electrons. The number of fused-ring (bicyclic) bond motifs is 1. The van der Waals surface area contributed by atoms with E-state index in [1.165, 1.54) is 0 Å². The molecule has 0 aliphatic carbocycles. The first-order chi connectivity index (χ1) is 14.7. The molecule has 1 amide bonds. The molecule has 1 aliphatic heterocycles. The minimum absolute atomic E-state index is 0.0244. The summed E-state index contributed by atoms with van der Waals surface area (Å²) in [6.07, 6.45) is 5.59. The van der Waals surface area contributed by atoms with Gasteiger partial charge in [-0.3, -0.25) is 9.69 Å². The first-order valence-electron chi connectivity index (χ1n) is 10.1.